The second-order valence-electron chi connectivity index (χ2n) is 7.79. The molecule has 156 valence electrons. The van der Waals surface area contributed by atoms with E-state index in [1.807, 2.05) is 50.2 Å². The largest absolute Gasteiger partial charge is 0.293 e. The summed E-state index contributed by atoms with van der Waals surface area (Å²) in [6.45, 7) is 7.05. The molecule has 4 rings (SSSR count). The van der Waals surface area contributed by atoms with Gasteiger partial charge in [-0.25, -0.2) is 19.3 Å². The molecule has 0 fully saturated rings. The molecular formula is C23H22N6O2. The summed E-state index contributed by atoms with van der Waals surface area (Å²) in [7, 11) is 0. The van der Waals surface area contributed by atoms with Crippen molar-refractivity contribution in [1.82, 2.24) is 29.5 Å². The Morgan fingerprint density at radius 1 is 0.710 bits per heavy atom. The Labute approximate surface area is 179 Å². The van der Waals surface area contributed by atoms with Crippen LogP contribution in [0.4, 0.5) is 0 Å². The molecule has 0 aliphatic heterocycles. The number of Topliss-reactive ketones (excluding diaryl/α,β-unsaturated/α-hetero) is 2. The van der Waals surface area contributed by atoms with Gasteiger partial charge in [-0.15, -0.1) is 0 Å². The Bertz CT molecular complexity index is 1190. The van der Waals surface area contributed by atoms with Gasteiger partial charge in [-0.2, -0.15) is 10.2 Å². The Hall–Kier alpha value is -3.94. The molecule has 4 heterocycles. The van der Waals surface area contributed by atoms with E-state index in [1.165, 1.54) is 13.8 Å². The molecule has 31 heavy (non-hydrogen) atoms. The Morgan fingerprint density at radius 2 is 1.13 bits per heavy atom. The molecule has 0 bridgehead atoms. The van der Waals surface area contributed by atoms with Gasteiger partial charge >= 0.3 is 0 Å². The average molecular weight is 414 g/mol. The second-order valence-corrected chi connectivity index (χ2v) is 7.79. The third-order valence-corrected chi connectivity index (χ3v) is 5.12. The molecule has 0 aliphatic carbocycles. The van der Waals surface area contributed by atoms with Crippen LogP contribution in [0.5, 0.6) is 0 Å². The lowest BCUT2D eigenvalue weighted by Gasteiger charge is -2.24. The van der Waals surface area contributed by atoms with E-state index in [0.29, 0.717) is 23.0 Å². The van der Waals surface area contributed by atoms with Crippen LogP contribution >= 0.6 is 0 Å². The van der Waals surface area contributed by atoms with Crippen molar-refractivity contribution in [2.45, 2.75) is 33.1 Å². The number of pyridine rings is 2. The van der Waals surface area contributed by atoms with Gasteiger partial charge in [0.15, 0.2) is 23.2 Å². The normalized spacial score (nSPS) is 11.5. The van der Waals surface area contributed by atoms with Gasteiger partial charge in [0.05, 0.1) is 11.4 Å². The Morgan fingerprint density at radius 3 is 1.48 bits per heavy atom. The maximum atomic E-state index is 11.6. The monoisotopic (exact) mass is 414 g/mol. The lowest BCUT2D eigenvalue weighted by Crippen LogP contribution is -2.23. The number of rotatable bonds is 6. The van der Waals surface area contributed by atoms with E-state index >= 15 is 0 Å². The van der Waals surface area contributed by atoms with E-state index in [4.69, 9.17) is 9.97 Å². The van der Waals surface area contributed by atoms with Crippen molar-refractivity contribution in [1.29, 1.82) is 0 Å². The van der Waals surface area contributed by atoms with E-state index in [-0.39, 0.29) is 11.6 Å². The molecular weight excluding hydrogens is 392 g/mol. The van der Waals surface area contributed by atoms with Crippen molar-refractivity contribution >= 4 is 11.6 Å². The molecule has 8 nitrogen and oxygen atoms in total. The highest BCUT2D eigenvalue weighted by molar-refractivity contribution is 5.92. The number of aromatic nitrogens is 6. The van der Waals surface area contributed by atoms with Gasteiger partial charge in [-0.3, -0.25) is 9.59 Å². The molecule has 0 aromatic carbocycles. The predicted octanol–water partition coefficient (Wildman–Crippen LogP) is 3.58. The van der Waals surface area contributed by atoms with Crippen molar-refractivity contribution in [3.05, 3.63) is 83.7 Å². The zero-order valence-corrected chi connectivity index (χ0v) is 17.8. The van der Waals surface area contributed by atoms with Crippen molar-refractivity contribution in [2.75, 3.05) is 0 Å². The first-order valence-corrected chi connectivity index (χ1v) is 9.85. The third-order valence-electron chi connectivity index (χ3n) is 5.12. The zero-order chi connectivity index (χ0) is 22.2. The first kappa shape index (κ1) is 20.3. The van der Waals surface area contributed by atoms with Crippen LogP contribution in [-0.2, 0) is 5.41 Å². The van der Waals surface area contributed by atoms with E-state index in [2.05, 4.69) is 10.2 Å². The summed E-state index contributed by atoms with van der Waals surface area (Å²) in [5, 5.41) is 8.59. The van der Waals surface area contributed by atoms with Crippen LogP contribution in [0.2, 0.25) is 0 Å². The number of carbonyl (C=O) groups is 2. The zero-order valence-electron chi connectivity index (χ0n) is 17.8. The number of ketones is 2. The maximum absolute atomic E-state index is 11.6. The highest BCUT2D eigenvalue weighted by Gasteiger charge is 2.27. The lowest BCUT2D eigenvalue weighted by molar-refractivity contribution is 0.1000. The van der Waals surface area contributed by atoms with Crippen LogP contribution < -0.4 is 0 Å². The smallest absolute Gasteiger partial charge is 0.179 e. The topological polar surface area (TPSA) is 95.6 Å². The molecule has 4 aromatic heterocycles. The SMILES string of the molecule is CC(=O)c1ccn(-c2cccc(C(C)(C)c3cccc(-n4ccc(C(C)=O)n4)n3)n2)n1. The fraction of sp³-hybridized carbons (Fsp3) is 0.217. The van der Waals surface area contributed by atoms with Crippen molar-refractivity contribution in [2.24, 2.45) is 0 Å². The minimum absolute atomic E-state index is 0.0946. The summed E-state index contributed by atoms with van der Waals surface area (Å²) in [5.41, 5.74) is 1.88. The van der Waals surface area contributed by atoms with Crippen LogP contribution in [0, 0.1) is 0 Å². The average Bonchev–Trinajstić information content (AvgIpc) is 3.44. The number of nitrogens with zero attached hydrogens (tertiary/aromatic N) is 6. The summed E-state index contributed by atoms with van der Waals surface area (Å²) >= 11 is 0. The number of hydrogen-bond donors (Lipinski definition) is 0. The molecule has 0 saturated carbocycles. The maximum Gasteiger partial charge on any atom is 0.179 e. The predicted molar refractivity (Wildman–Crippen MR) is 115 cm³/mol. The van der Waals surface area contributed by atoms with Crippen LogP contribution in [0.1, 0.15) is 60.1 Å². The molecule has 4 aromatic rings. The van der Waals surface area contributed by atoms with Crippen LogP contribution in [0.25, 0.3) is 11.6 Å². The lowest BCUT2D eigenvalue weighted by atomic mass is 9.84. The fourth-order valence-corrected chi connectivity index (χ4v) is 3.21. The van der Waals surface area contributed by atoms with Gasteiger partial charge in [-0.05, 0) is 50.2 Å². The highest BCUT2D eigenvalue weighted by Crippen LogP contribution is 2.29. The van der Waals surface area contributed by atoms with Gasteiger partial charge in [0.1, 0.15) is 11.4 Å². The van der Waals surface area contributed by atoms with Gasteiger partial charge in [0.2, 0.25) is 0 Å². The molecule has 0 atom stereocenters. The van der Waals surface area contributed by atoms with Crippen molar-refractivity contribution in [3.63, 3.8) is 0 Å². The van der Waals surface area contributed by atoms with E-state index in [9.17, 15) is 9.59 Å². The fourth-order valence-electron chi connectivity index (χ4n) is 3.21. The minimum Gasteiger partial charge on any atom is -0.293 e. The molecule has 0 radical (unpaired) electrons. The highest BCUT2D eigenvalue weighted by atomic mass is 16.1. The molecule has 0 aliphatic rings. The van der Waals surface area contributed by atoms with Gasteiger partial charge in [0.25, 0.3) is 0 Å². The molecule has 0 N–H and O–H groups in total. The summed E-state index contributed by atoms with van der Waals surface area (Å²) < 4.78 is 3.18. The van der Waals surface area contributed by atoms with Crippen molar-refractivity contribution < 1.29 is 9.59 Å². The first-order valence-electron chi connectivity index (χ1n) is 9.85. The van der Waals surface area contributed by atoms with Crippen LogP contribution in [0.15, 0.2) is 60.9 Å². The quantitative estimate of drug-likeness (QED) is 0.448. The molecule has 0 amide bonds. The van der Waals surface area contributed by atoms with E-state index < -0.39 is 5.41 Å². The minimum atomic E-state index is -0.515. The van der Waals surface area contributed by atoms with Crippen LogP contribution in [0.3, 0.4) is 0 Å². The first-order chi connectivity index (χ1) is 14.8. The number of carbonyl (C=O) groups excluding carboxylic acids is 2. The molecule has 8 heteroatoms. The summed E-state index contributed by atoms with van der Waals surface area (Å²) in [5.74, 6) is 1.05. The van der Waals surface area contributed by atoms with E-state index in [0.717, 1.165) is 11.4 Å². The van der Waals surface area contributed by atoms with Gasteiger partial charge < -0.3 is 0 Å². The van der Waals surface area contributed by atoms with Gasteiger partial charge in [-0.1, -0.05) is 12.1 Å². The summed E-state index contributed by atoms with van der Waals surface area (Å²) in [6.07, 6.45) is 3.44. The van der Waals surface area contributed by atoms with E-state index in [1.54, 1.807) is 33.9 Å². The third kappa shape index (κ3) is 3.92. The Kier molecular flexibility index (Phi) is 5.06. The number of hydrogen-bond acceptors (Lipinski definition) is 6. The Balaban J connectivity index is 1.69. The summed E-state index contributed by atoms with van der Waals surface area (Å²) in [6, 6.07) is 14.7. The van der Waals surface area contributed by atoms with Crippen molar-refractivity contribution in [3.8, 4) is 11.6 Å². The molecule has 0 unspecified atom stereocenters. The molecule has 0 spiro atoms. The van der Waals surface area contributed by atoms with Crippen LogP contribution in [-0.4, -0.2) is 41.1 Å². The standard InChI is InChI=1S/C23H22N6O2/c1-15(30)17-11-13-28(26-17)21-9-5-7-19(24-21)23(3,4)20-8-6-10-22(25-20)29-14-12-18(27-29)16(2)31/h5-14H,1-4H3. The van der Waals surface area contributed by atoms with Gasteiger partial charge in [0, 0.05) is 31.7 Å². The second kappa shape index (κ2) is 7.71. The summed E-state index contributed by atoms with van der Waals surface area (Å²) in [4.78, 5) is 32.7. The molecule has 0 saturated heterocycles.